The number of halogens is 2. The molecule has 1 aromatic rings. The number of amidine groups is 1. The van der Waals surface area contributed by atoms with Crippen LogP contribution in [-0.2, 0) is 16.2 Å². The molecule has 202 valence electrons. The quantitative estimate of drug-likeness (QED) is 0.612. The van der Waals surface area contributed by atoms with Gasteiger partial charge in [-0.1, -0.05) is 5.16 Å². The molecule has 1 aliphatic carbocycles. The third-order valence-corrected chi connectivity index (χ3v) is 8.95. The van der Waals surface area contributed by atoms with Crippen molar-refractivity contribution >= 4 is 17.5 Å². The summed E-state index contributed by atoms with van der Waals surface area (Å²) in [4.78, 5) is 23.8. The fourth-order valence-corrected chi connectivity index (χ4v) is 6.32. The van der Waals surface area contributed by atoms with E-state index in [1.807, 2.05) is 17.9 Å². The lowest BCUT2D eigenvalue weighted by Crippen LogP contribution is -2.61. The van der Waals surface area contributed by atoms with Gasteiger partial charge in [-0.15, -0.1) is 0 Å². The summed E-state index contributed by atoms with van der Waals surface area (Å²) in [6, 6.07) is 4.15. The SMILES string of the molecule is COc1cc(N2CCC(F)(F)C2)c(C2CC2)cc1CN1CC2(CC(N3CCC(C)(C(=O)O)CC3)=NO2)C1. The van der Waals surface area contributed by atoms with Crippen molar-refractivity contribution in [2.24, 2.45) is 10.6 Å². The second-order valence-electron chi connectivity index (χ2n) is 12.0. The number of nitrogens with zero attached hydrogens (tertiary/aromatic N) is 4. The van der Waals surface area contributed by atoms with Crippen LogP contribution < -0.4 is 9.64 Å². The van der Waals surface area contributed by atoms with Crippen molar-refractivity contribution in [3.8, 4) is 5.75 Å². The summed E-state index contributed by atoms with van der Waals surface area (Å²) < 4.78 is 33.6. The number of alkyl halides is 2. The van der Waals surface area contributed by atoms with E-state index in [0.29, 0.717) is 44.9 Å². The maximum Gasteiger partial charge on any atom is 0.309 e. The third-order valence-electron chi connectivity index (χ3n) is 8.95. The van der Waals surface area contributed by atoms with E-state index in [9.17, 15) is 18.7 Å². The van der Waals surface area contributed by atoms with Crippen molar-refractivity contribution in [2.75, 3.05) is 51.3 Å². The van der Waals surface area contributed by atoms with Crippen molar-refractivity contribution in [3.05, 3.63) is 23.3 Å². The molecular formula is C27H36F2N4O4. The molecule has 5 aliphatic rings. The van der Waals surface area contributed by atoms with Crippen LogP contribution in [-0.4, -0.2) is 84.6 Å². The Morgan fingerprint density at radius 3 is 2.43 bits per heavy atom. The molecule has 1 aromatic carbocycles. The summed E-state index contributed by atoms with van der Waals surface area (Å²) in [6.07, 6.45) is 4.05. The number of carbonyl (C=O) groups is 1. The molecule has 0 amide bonds. The number of aliphatic carboxylic acids is 1. The summed E-state index contributed by atoms with van der Waals surface area (Å²) in [6.45, 7) is 5.54. The summed E-state index contributed by atoms with van der Waals surface area (Å²) in [7, 11) is 1.64. The van der Waals surface area contributed by atoms with Gasteiger partial charge in [-0.3, -0.25) is 9.69 Å². The lowest BCUT2D eigenvalue weighted by molar-refractivity contribution is -0.150. The lowest BCUT2D eigenvalue weighted by Gasteiger charge is -2.46. The zero-order valence-electron chi connectivity index (χ0n) is 21.6. The number of rotatable bonds is 6. The van der Waals surface area contributed by atoms with Crippen molar-refractivity contribution in [2.45, 2.75) is 69.4 Å². The largest absolute Gasteiger partial charge is 0.496 e. The Morgan fingerprint density at radius 2 is 1.84 bits per heavy atom. The molecule has 3 saturated heterocycles. The van der Waals surface area contributed by atoms with Crippen LogP contribution in [0.2, 0.25) is 0 Å². The highest BCUT2D eigenvalue weighted by Gasteiger charge is 2.51. The topological polar surface area (TPSA) is 77.8 Å². The second kappa shape index (κ2) is 8.71. The van der Waals surface area contributed by atoms with Crippen LogP contribution >= 0.6 is 0 Å². The minimum atomic E-state index is -2.63. The van der Waals surface area contributed by atoms with Crippen molar-refractivity contribution in [1.82, 2.24) is 9.80 Å². The highest BCUT2D eigenvalue weighted by Crippen LogP contribution is 2.48. The van der Waals surface area contributed by atoms with Gasteiger partial charge in [-0.05, 0) is 50.2 Å². The van der Waals surface area contributed by atoms with Crippen molar-refractivity contribution < 1.29 is 28.3 Å². The van der Waals surface area contributed by atoms with E-state index >= 15 is 0 Å². The molecule has 8 nitrogen and oxygen atoms in total. The average Bonchev–Trinajstić information content (AvgIpc) is 3.49. The Morgan fingerprint density at radius 1 is 1.14 bits per heavy atom. The molecule has 37 heavy (non-hydrogen) atoms. The number of carboxylic acids is 1. The fraction of sp³-hybridized carbons (Fsp3) is 0.704. The van der Waals surface area contributed by atoms with Gasteiger partial charge in [0.05, 0.1) is 25.5 Å². The number of methoxy groups -OCH3 is 1. The molecule has 4 aliphatic heterocycles. The first-order chi connectivity index (χ1) is 17.6. The first-order valence-electron chi connectivity index (χ1n) is 13.4. The van der Waals surface area contributed by atoms with Gasteiger partial charge in [0.15, 0.2) is 5.60 Å². The Hall–Kier alpha value is -2.62. The van der Waals surface area contributed by atoms with Crippen molar-refractivity contribution in [1.29, 1.82) is 0 Å². The molecule has 4 heterocycles. The number of piperidine rings is 1. The van der Waals surface area contributed by atoms with E-state index in [-0.39, 0.29) is 18.6 Å². The summed E-state index contributed by atoms with van der Waals surface area (Å²) in [5.41, 5.74) is 2.17. The van der Waals surface area contributed by atoms with Crippen LogP contribution in [0.25, 0.3) is 0 Å². The third kappa shape index (κ3) is 4.62. The first kappa shape index (κ1) is 24.7. The van der Waals surface area contributed by atoms with Crippen LogP contribution in [0.3, 0.4) is 0 Å². The van der Waals surface area contributed by atoms with E-state index < -0.39 is 17.3 Å². The maximum atomic E-state index is 13.9. The van der Waals surface area contributed by atoms with E-state index in [0.717, 1.165) is 55.2 Å². The molecule has 1 N–H and O–H groups in total. The standard InChI is InChI=1S/C27H36F2N4O4/c1-25(24(34)35)5-8-32(9-6-25)23-13-26(37-30-23)15-31(16-26)14-19-11-20(18-3-4-18)21(12-22(19)36-2)33-10-7-27(28,29)17-33/h11-12,18H,3-10,13-17H2,1-2H3,(H,34,35). The molecule has 0 unspecified atom stereocenters. The van der Waals surface area contributed by atoms with Crippen molar-refractivity contribution in [3.63, 3.8) is 0 Å². The van der Waals surface area contributed by atoms with E-state index in [1.165, 1.54) is 5.56 Å². The van der Waals surface area contributed by atoms with Crippen LogP contribution in [0.5, 0.6) is 5.75 Å². The van der Waals surface area contributed by atoms with Gasteiger partial charge in [0, 0.05) is 63.0 Å². The van der Waals surface area contributed by atoms with Gasteiger partial charge in [-0.2, -0.15) is 0 Å². The molecule has 0 radical (unpaired) electrons. The molecule has 4 fully saturated rings. The molecule has 6 rings (SSSR count). The monoisotopic (exact) mass is 518 g/mol. The molecule has 1 saturated carbocycles. The van der Waals surface area contributed by atoms with Gasteiger partial charge in [0.25, 0.3) is 5.92 Å². The number of likely N-dealkylation sites (tertiary alicyclic amines) is 2. The number of anilines is 1. The fourth-order valence-electron chi connectivity index (χ4n) is 6.32. The van der Waals surface area contributed by atoms with Gasteiger partial charge in [0.1, 0.15) is 11.6 Å². The minimum absolute atomic E-state index is 0.0998. The predicted molar refractivity (Wildman–Crippen MR) is 134 cm³/mol. The zero-order chi connectivity index (χ0) is 26.0. The zero-order valence-corrected chi connectivity index (χ0v) is 21.6. The van der Waals surface area contributed by atoms with Gasteiger partial charge in [0.2, 0.25) is 0 Å². The van der Waals surface area contributed by atoms with Gasteiger partial charge < -0.3 is 24.5 Å². The maximum absolute atomic E-state index is 13.9. The number of hydrogen-bond acceptors (Lipinski definition) is 7. The molecule has 1 spiro atoms. The number of hydrogen-bond donors (Lipinski definition) is 1. The number of benzene rings is 1. The Balaban J connectivity index is 1.09. The highest BCUT2D eigenvalue weighted by molar-refractivity contribution is 5.85. The smallest absolute Gasteiger partial charge is 0.309 e. The van der Waals surface area contributed by atoms with Gasteiger partial charge >= 0.3 is 5.97 Å². The lowest BCUT2D eigenvalue weighted by atomic mass is 9.80. The molecular weight excluding hydrogens is 482 g/mol. The summed E-state index contributed by atoms with van der Waals surface area (Å²) in [5, 5.41) is 13.9. The van der Waals surface area contributed by atoms with E-state index in [1.54, 1.807) is 7.11 Å². The second-order valence-corrected chi connectivity index (χ2v) is 12.0. The number of oxime groups is 1. The first-order valence-corrected chi connectivity index (χ1v) is 13.4. The molecule has 0 atom stereocenters. The highest BCUT2D eigenvalue weighted by atomic mass is 19.3. The van der Waals surface area contributed by atoms with Gasteiger partial charge in [-0.25, -0.2) is 8.78 Å². The van der Waals surface area contributed by atoms with Crippen LogP contribution in [0.4, 0.5) is 14.5 Å². The Labute approximate surface area is 216 Å². The van der Waals surface area contributed by atoms with E-state index in [2.05, 4.69) is 21.0 Å². The summed E-state index contributed by atoms with van der Waals surface area (Å²) >= 11 is 0. The molecule has 0 aromatic heterocycles. The normalized spacial score (nSPS) is 26.1. The Kier molecular flexibility index (Phi) is 5.82. The number of ether oxygens (including phenoxy) is 1. The average molecular weight is 519 g/mol. The Bertz CT molecular complexity index is 1110. The predicted octanol–water partition coefficient (Wildman–Crippen LogP) is 3.89. The van der Waals surface area contributed by atoms with Crippen LogP contribution in [0.15, 0.2) is 17.3 Å². The molecule has 10 heteroatoms. The molecule has 0 bridgehead atoms. The van der Waals surface area contributed by atoms with Crippen LogP contribution in [0, 0.1) is 5.41 Å². The minimum Gasteiger partial charge on any atom is -0.496 e. The van der Waals surface area contributed by atoms with Crippen LogP contribution in [0.1, 0.15) is 62.5 Å². The van der Waals surface area contributed by atoms with E-state index in [4.69, 9.17) is 9.57 Å². The number of carboxylic acid groups (broad SMARTS) is 1. The summed E-state index contributed by atoms with van der Waals surface area (Å²) in [5.74, 6) is -1.25.